The van der Waals surface area contributed by atoms with Gasteiger partial charge in [-0.1, -0.05) is 24.3 Å². The fraction of sp³-hybridized carbons (Fsp3) is 0.296. The Kier molecular flexibility index (Phi) is 5.21. The number of amides is 1. The maximum absolute atomic E-state index is 14.4. The van der Waals surface area contributed by atoms with E-state index < -0.39 is 0 Å². The second-order valence-corrected chi connectivity index (χ2v) is 10.4. The number of fused-ring (bicyclic) bond motifs is 1. The predicted molar refractivity (Wildman–Crippen MR) is 134 cm³/mol. The van der Waals surface area contributed by atoms with E-state index in [2.05, 4.69) is 11.6 Å². The highest BCUT2D eigenvalue weighted by atomic mass is 32.1. The zero-order valence-electron chi connectivity index (χ0n) is 19.6. The van der Waals surface area contributed by atoms with Crippen molar-refractivity contribution < 1.29 is 13.9 Å². The highest BCUT2D eigenvalue weighted by molar-refractivity contribution is 7.15. The molecule has 6 rings (SSSR count). The van der Waals surface area contributed by atoms with Gasteiger partial charge in [-0.2, -0.15) is 0 Å². The van der Waals surface area contributed by atoms with Crippen LogP contribution in [0, 0.1) is 12.7 Å². The monoisotopic (exact) mass is 488 g/mol. The Morgan fingerprint density at radius 1 is 1.23 bits per heavy atom. The third kappa shape index (κ3) is 3.91. The van der Waals surface area contributed by atoms with Gasteiger partial charge in [0.2, 0.25) is 0 Å². The normalized spacial score (nSPS) is 18.0. The largest absolute Gasteiger partial charge is 0.497 e. The molecule has 3 heterocycles. The zero-order valence-corrected chi connectivity index (χ0v) is 20.4. The molecule has 2 fully saturated rings. The number of H-pyrrole nitrogens is 1. The van der Waals surface area contributed by atoms with E-state index in [1.54, 1.807) is 25.0 Å². The number of imidazole rings is 1. The first-order valence-electron chi connectivity index (χ1n) is 11.7. The first-order valence-corrected chi connectivity index (χ1v) is 12.5. The van der Waals surface area contributed by atoms with Crippen molar-refractivity contribution in [1.29, 1.82) is 0 Å². The molecule has 4 aromatic rings. The van der Waals surface area contributed by atoms with Crippen molar-refractivity contribution in [2.45, 2.75) is 38.1 Å². The summed E-state index contributed by atoms with van der Waals surface area (Å²) in [5.41, 5.74) is 4.27. The van der Waals surface area contributed by atoms with Crippen LogP contribution in [0.25, 0.3) is 21.5 Å². The second-order valence-electron chi connectivity index (χ2n) is 9.38. The number of carbonyl (C=O) groups is 1. The molecule has 1 unspecified atom stereocenters. The highest BCUT2D eigenvalue weighted by Gasteiger charge is 2.38. The number of benzene rings is 2. The fourth-order valence-electron chi connectivity index (χ4n) is 4.60. The third-order valence-corrected chi connectivity index (χ3v) is 8.01. The van der Waals surface area contributed by atoms with E-state index in [-0.39, 0.29) is 17.8 Å². The number of rotatable bonds is 5. The average Bonchev–Trinajstić information content (AvgIpc) is 3.28. The van der Waals surface area contributed by atoms with Gasteiger partial charge < -0.3 is 14.6 Å². The molecule has 2 aromatic heterocycles. The standard InChI is InChI=1S/C27H25FN4O2S/c1-14-10-22(25-29-20-9-8-18(34-3)12-21(20)30-25)32(13-14)27(33)23-24(35-26(31-23)16-6-7-16)17-5-4-15(2)19(28)11-17/h4-5,8-9,11-12,16,22H,1,6-7,10,13H2,2-3H3,(H,29,30). The van der Waals surface area contributed by atoms with Gasteiger partial charge in [0, 0.05) is 18.5 Å². The molecule has 1 aliphatic carbocycles. The summed E-state index contributed by atoms with van der Waals surface area (Å²) in [7, 11) is 1.63. The lowest BCUT2D eigenvalue weighted by Gasteiger charge is -2.22. The van der Waals surface area contributed by atoms with E-state index >= 15 is 0 Å². The molecular formula is C27H25FN4O2S. The van der Waals surface area contributed by atoms with Gasteiger partial charge in [-0.15, -0.1) is 11.3 Å². The zero-order chi connectivity index (χ0) is 24.3. The van der Waals surface area contributed by atoms with Crippen LogP contribution in [0.4, 0.5) is 4.39 Å². The Morgan fingerprint density at radius 3 is 2.80 bits per heavy atom. The van der Waals surface area contributed by atoms with Crippen molar-refractivity contribution in [3.8, 4) is 16.2 Å². The number of methoxy groups -OCH3 is 1. The van der Waals surface area contributed by atoms with Gasteiger partial charge in [-0.3, -0.25) is 4.79 Å². The van der Waals surface area contributed by atoms with Gasteiger partial charge in [-0.05, 0) is 55.5 Å². The molecule has 6 nitrogen and oxygen atoms in total. The molecular weight excluding hydrogens is 463 g/mol. The van der Waals surface area contributed by atoms with Crippen LogP contribution in [-0.4, -0.2) is 39.4 Å². The van der Waals surface area contributed by atoms with Gasteiger partial charge in [0.1, 0.15) is 23.1 Å². The smallest absolute Gasteiger partial charge is 0.274 e. The molecule has 0 radical (unpaired) electrons. The van der Waals surface area contributed by atoms with E-state index in [9.17, 15) is 9.18 Å². The molecule has 1 saturated carbocycles. The quantitative estimate of drug-likeness (QED) is 0.341. The summed E-state index contributed by atoms with van der Waals surface area (Å²) in [6.45, 7) is 6.33. The summed E-state index contributed by atoms with van der Waals surface area (Å²) in [4.78, 5) is 29.4. The Bertz CT molecular complexity index is 1490. The number of likely N-dealkylation sites (tertiary alicyclic amines) is 1. The Balaban J connectivity index is 1.39. The molecule has 35 heavy (non-hydrogen) atoms. The van der Waals surface area contributed by atoms with Crippen molar-refractivity contribution in [3.63, 3.8) is 0 Å². The first kappa shape index (κ1) is 22.0. The van der Waals surface area contributed by atoms with Crippen molar-refractivity contribution in [2.75, 3.05) is 13.7 Å². The number of aromatic nitrogens is 3. The number of hydrogen-bond donors (Lipinski definition) is 1. The van der Waals surface area contributed by atoms with Crippen LogP contribution in [0.3, 0.4) is 0 Å². The number of hydrogen-bond acceptors (Lipinski definition) is 5. The van der Waals surface area contributed by atoms with Crippen molar-refractivity contribution >= 4 is 28.3 Å². The molecule has 2 aliphatic rings. The maximum atomic E-state index is 14.4. The van der Waals surface area contributed by atoms with Crippen LogP contribution < -0.4 is 4.74 Å². The maximum Gasteiger partial charge on any atom is 0.274 e. The van der Waals surface area contributed by atoms with Gasteiger partial charge in [0.05, 0.1) is 34.1 Å². The molecule has 178 valence electrons. The predicted octanol–water partition coefficient (Wildman–Crippen LogP) is 6.16. The summed E-state index contributed by atoms with van der Waals surface area (Å²) < 4.78 is 19.8. The molecule has 1 atom stereocenters. The fourth-order valence-corrected chi connectivity index (χ4v) is 5.83. The first-order chi connectivity index (χ1) is 16.9. The van der Waals surface area contributed by atoms with Gasteiger partial charge in [0.25, 0.3) is 5.91 Å². The van der Waals surface area contributed by atoms with Gasteiger partial charge in [0.15, 0.2) is 0 Å². The van der Waals surface area contributed by atoms with Crippen molar-refractivity contribution in [2.24, 2.45) is 0 Å². The average molecular weight is 489 g/mol. The lowest BCUT2D eigenvalue weighted by molar-refractivity contribution is 0.0728. The van der Waals surface area contributed by atoms with Crippen LogP contribution in [-0.2, 0) is 0 Å². The Labute approximate surface area is 206 Å². The lowest BCUT2D eigenvalue weighted by atomic mass is 10.1. The number of thiazole rings is 1. The summed E-state index contributed by atoms with van der Waals surface area (Å²) in [5.74, 6) is 1.38. The molecule has 1 amide bonds. The van der Waals surface area contributed by atoms with Crippen LogP contribution in [0.5, 0.6) is 5.75 Å². The molecule has 1 N–H and O–H groups in total. The molecule has 1 saturated heterocycles. The van der Waals surface area contributed by atoms with Crippen LogP contribution in [0.15, 0.2) is 48.6 Å². The topological polar surface area (TPSA) is 71.1 Å². The van der Waals surface area contributed by atoms with E-state index in [4.69, 9.17) is 14.7 Å². The summed E-state index contributed by atoms with van der Waals surface area (Å²) in [6.07, 6.45) is 2.78. The highest BCUT2D eigenvalue weighted by Crippen LogP contribution is 2.46. The van der Waals surface area contributed by atoms with E-state index in [0.717, 1.165) is 45.1 Å². The van der Waals surface area contributed by atoms with Gasteiger partial charge >= 0.3 is 0 Å². The lowest BCUT2D eigenvalue weighted by Crippen LogP contribution is -2.31. The molecule has 8 heteroatoms. The SMILES string of the molecule is C=C1CC(c2nc3ccc(OC)cc3[nH]2)N(C(=O)c2nc(C3CC3)sc2-c2ccc(C)c(F)c2)C1. The number of aryl methyl sites for hydroxylation is 1. The number of nitrogens with one attached hydrogen (secondary N) is 1. The van der Waals surface area contributed by atoms with Gasteiger partial charge in [-0.25, -0.2) is 14.4 Å². The Hall–Kier alpha value is -3.52. The number of ether oxygens (including phenoxy) is 1. The molecule has 1 aliphatic heterocycles. The molecule has 2 aromatic carbocycles. The summed E-state index contributed by atoms with van der Waals surface area (Å²) in [5, 5.41) is 0.953. The molecule has 0 spiro atoms. The second kappa shape index (κ2) is 8.30. The number of nitrogens with zero attached hydrogens (tertiary/aromatic N) is 3. The summed E-state index contributed by atoms with van der Waals surface area (Å²) >= 11 is 1.51. The summed E-state index contributed by atoms with van der Waals surface area (Å²) in [6, 6.07) is 10.5. The van der Waals surface area contributed by atoms with Crippen LogP contribution in [0.1, 0.15) is 58.1 Å². The van der Waals surface area contributed by atoms with Crippen molar-refractivity contribution in [3.05, 3.63) is 76.5 Å². The third-order valence-electron chi connectivity index (χ3n) is 6.74. The number of carbonyl (C=O) groups excluding carboxylic acids is 1. The van der Waals surface area contributed by atoms with Crippen molar-refractivity contribution in [1.82, 2.24) is 19.9 Å². The van der Waals surface area contributed by atoms with E-state index in [0.29, 0.717) is 41.5 Å². The minimum absolute atomic E-state index is 0.175. The molecule has 0 bridgehead atoms. The minimum Gasteiger partial charge on any atom is -0.497 e. The van der Waals surface area contributed by atoms with E-state index in [1.807, 2.05) is 24.3 Å². The number of aromatic amines is 1. The van der Waals surface area contributed by atoms with Crippen LogP contribution >= 0.6 is 11.3 Å². The Morgan fingerprint density at radius 2 is 2.06 bits per heavy atom. The minimum atomic E-state index is -0.285. The van der Waals surface area contributed by atoms with Crippen LogP contribution in [0.2, 0.25) is 0 Å². The number of halogens is 1. The van der Waals surface area contributed by atoms with E-state index in [1.165, 1.54) is 17.4 Å².